The number of β-amino-alcohol motifs (C(OH)–C–C–N with tert-alkyl or cyclic N) is 1. The predicted octanol–water partition coefficient (Wildman–Crippen LogP) is 0.103. The van der Waals surface area contributed by atoms with Crippen molar-refractivity contribution in [3.8, 4) is 0 Å². The molecule has 0 aliphatic carbocycles. The van der Waals surface area contributed by atoms with Crippen molar-refractivity contribution in [2.75, 3.05) is 13.1 Å². The zero-order valence-corrected chi connectivity index (χ0v) is 10.7. The number of alkyl carbamates (subject to hydrolysis) is 1. The number of aliphatic hydroxyl groups excluding tert-OH is 1. The molecule has 0 bridgehead atoms. The summed E-state index contributed by atoms with van der Waals surface area (Å²) in [5, 5.41) is 11.5. The summed E-state index contributed by atoms with van der Waals surface area (Å²) in [6.07, 6.45) is -1.05. The van der Waals surface area contributed by atoms with Crippen LogP contribution in [0, 0.1) is 0 Å². The maximum absolute atomic E-state index is 11.7. The van der Waals surface area contributed by atoms with Gasteiger partial charge in [0.1, 0.15) is 11.6 Å². The third-order valence-electron chi connectivity index (χ3n) is 2.28. The Morgan fingerprint density at radius 3 is 2.35 bits per heavy atom. The van der Waals surface area contributed by atoms with E-state index in [9.17, 15) is 9.59 Å². The van der Waals surface area contributed by atoms with E-state index in [0.29, 0.717) is 13.1 Å². The second-order valence-corrected chi connectivity index (χ2v) is 5.26. The van der Waals surface area contributed by atoms with Gasteiger partial charge in [0, 0.05) is 13.1 Å². The highest BCUT2D eigenvalue weighted by molar-refractivity contribution is 5.85. The van der Waals surface area contributed by atoms with E-state index in [4.69, 9.17) is 9.84 Å². The number of hydrogen-bond acceptors (Lipinski definition) is 4. The van der Waals surface area contributed by atoms with Gasteiger partial charge in [0.15, 0.2) is 0 Å². The molecule has 0 spiro atoms. The number of nitrogens with zero attached hydrogens (tertiary/aromatic N) is 1. The van der Waals surface area contributed by atoms with Crippen molar-refractivity contribution in [1.82, 2.24) is 10.2 Å². The van der Waals surface area contributed by atoms with Crippen molar-refractivity contribution in [3.05, 3.63) is 0 Å². The molecule has 1 aliphatic heterocycles. The number of aliphatic hydroxyl groups is 1. The molecule has 0 aromatic rings. The predicted molar refractivity (Wildman–Crippen MR) is 61.4 cm³/mol. The Morgan fingerprint density at radius 2 is 1.94 bits per heavy atom. The fourth-order valence-corrected chi connectivity index (χ4v) is 1.46. The lowest BCUT2D eigenvalue weighted by Crippen LogP contribution is -2.58. The lowest BCUT2D eigenvalue weighted by Gasteiger charge is -2.37. The van der Waals surface area contributed by atoms with Crippen LogP contribution in [0.5, 0.6) is 0 Å². The molecule has 98 valence electrons. The smallest absolute Gasteiger partial charge is 0.408 e. The maximum atomic E-state index is 11.7. The molecule has 0 aromatic carbocycles. The van der Waals surface area contributed by atoms with E-state index < -0.39 is 23.8 Å². The highest BCUT2D eigenvalue weighted by atomic mass is 16.6. The molecular weight excluding hydrogens is 224 g/mol. The lowest BCUT2D eigenvalue weighted by molar-refractivity contribution is -0.143. The summed E-state index contributed by atoms with van der Waals surface area (Å²) in [5.74, 6) is -0.207. The molecular formula is C11H20N2O4. The molecule has 1 atom stereocenters. The van der Waals surface area contributed by atoms with Gasteiger partial charge in [0.2, 0.25) is 5.91 Å². The first kappa shape index (κ1) is 13.8. The van der Waals surface area contributed by atoms with E-state index in [2.05, 4.69) is 5.32 Å². The molecule has 0 saturated carbocycles. The molecule has 17 heavy (non-hydrogen) atoms. The molecule has 0 radical (unpaired) electrons. The van der Waals surface area contributed by atoms with E-state index in [1.807, 2.05) is 0 Å². The molecule has 1 rings (SSSR count). The summed E-state index contributed by atoms with van der Waals surface area (Å²) in [5.41, 5.74) is -0.584. The van der Waals surface area contributed by atoms with Gasteiger partial charge in [-0.15, -0.1) is 0 Å². The zero-order chi connectivity index (χ0) is 13.2. The van der Waals surface area contributed by atoms with E-state index in [1.165, 1.54) is 4.90 Å². The van der Waals surface area contributed by atoms with Crippen molar-refractivity contribution in [2.24, 2.45) is 0 Å². The standard InChI is InChI=1S/C11H20N2O4/c1-7(9(15)13-5-8(14)6-13)12-10(16)17-11(2,3)4/h7-8,14H,5-6H2,1-4H3,(H,12,16)/t7-/m0/s1. The van der Waals surface area contributed by atoms with Gasteiger partial charge in [-0.3, -0.25) is 4.79 Å². The van der Waals surface area contributed by atoms with E-state index >= 15 is 0 Å². The summed E-state index contributed by atoms with van der Waals surface area (Å²) in [7, 11) is 0. The fraction of sp³-hybridized carbons (Fsp3) is 0.818. The molecule has 1 fully saturated rings. The number of hydrogen-bond donors (Lipinski definition) is 2. The molecule has 1 saturated heterocycles. The first-order valence-corrected chi connectivity index (χ1v) is 5.65. The monoisotopic (exact) mass is 244 g/mol. The van der Waals surface area contributed by atoms with Crippen LogP contribution in [0.4, 0.5) is 4.79 Å². The summed E-state index contributed by atoms with van der Waals surface area (Å²) in [6, 6.07) is -0.641. The van der Waals surface area contributed by atoms with Crippen molar-refractivity contribution < 1.29 is 19.4 Å². The largest absolute Gasteiger partial charge is 0.444 e. The minimum Gasteiger partial charge on any atom is -0.444 e. The van der Waals surface area contributed by atoms with Gasteiger partial charge in [-0.05, 0) is 27.7 Å². The van der Waals surface area contributed by atoms with Gasteiger partial charge in [-0.25, -0.2) is 4.79 Å². The van der Waals surface area contributed by atoms with Crippen LogP contribution in [0.25, 0.3) is 0 Å². The Hall–Kier alpha value is -1.30. The summed E-state index contributed by atoms with van der Waals surface area (Å²) < 4.78 is 5.04. The Bertz CT molecular complexity index is 305. The molecule has 1 heterocycles. The van der Waals surface area contributed by atoms with Crippen molar-refractivity contribution in [1.29, 1.82) is 0 Å². The van der Waals surface area contributed by atoms with Crippen LogP contribution in [0.15, 0.2) is 0 Å². The maximum Gasteiger partial charge on any atom is 0.408 e. The van der Waals surface area contributed by atoms with E-state index in [1.54, 1.807) is 27.7 Å². The minimum absolute atomic E-state index is 0.207. The molecule has 6 heteroatoms. The van der Waals surface area contributed by atoms with Crippen molar-refractivity contribution in [3.63, 3.8) is 0 Å². The van der Waals surface area contributed by atoms with Gasteiger partial charge >= 0.3 is 6.09 Å². The Kier molecular flexibility index (Phi) is 3.98. The molecule has 1 aliphatic rings. The topological polar surface area (TPSA) is 78.9 Å². The molecule has 0 unspecified atom stereocenters. The van der Waals surface area contributed by atoms with Crippen LogP contribution in [-0.4, -0.2) is 52.8 Å². The van der Waals surface area contributed by atoms with Crippen molar-refractivity contribution in [2.45, 2.75) is 45.4 Å². The SMILES string of the molecule is C[C@H](NC(=O)OC(C)(C)C)C(=O)N1CC(O)C1. The first-order chi connectivity index (χ1) is 7.69. The van der Waals surface area contributed by atoms with Crippen LogP contribution in [0.1, 0.15) is 27.7 Å². The van der Waals surface area contributed by atoms with Crippen LogP contribution >= 0.6 is 0 Å². The highest BCUT2D eigenvalue weighted by Crippen LogP contribution is 2.10. The summed E-state index contributed by atoms with van der Waals surface area (Å²) in [4.78, 5) is 24.6. The minimum atomic E-state index is -0.641. The number of rotatable bonds is 2. The van der Waals surface area contributed by atoms with Crippen LogP contribution in [0.3, 0.4) is 0 Å². The third-order valence-corrected chi connectivity index (χ3v) is 2.28. The number of ether oxygens (including phenoxy) is 1. The number of nitrogens with one attached hydrogen (secondary N) is 1. The Morgan fingerprint density at radius 1 is 1.41 bits per heavy atom. The number of carbonyl (C=O) groups excluding carboxylic acids is 2. The zero-order valence-electron chi connectivity index (χ0n) is 10.7. The van der Waals surface area contributed by atoms with Gasteiger partial charge in [-0.1, -0.05) is 0 Å². The second kappa shape index (κ2) is 4.91. The van der Waals surface area contributed by atoms with Crippen LogP contribution in [-0.2, 0) is 9.53 Å². The Balaban J connectivity index is 2.36. The summed E-state index contributed by atoms with van der Waals surface area (Å²) in [6.45, 7) is 7.52. The number of amides is 2. The van der Waals surface area contributed by atoms with E-state index in [0.717, 1.165) is 0 Å². The fourth-order valence-electron chi connectivity index (χ4n) is 1.46. The molecule has 2 N–H and O–H groups in total. The quantitative estimate of drug-likeness (QED) is 0.722. The van der Waals surface area contributed by atoms with Gasteiger partial charge < -0.3 is 20.1 Å². The first-order valence-electron chi connectivity index (χ1n) is 5.65. The molecule has 0 aromatic heterocycles. The Labute approximate surface area is 101 Å². The second-order valence-electron chi connectivity index (χ2n) is 5.26. The third kappa shape index (κ3) is 4.22. The average Bonchev–Trinajstić information content (AvgIpc) is 2.08. The highest BCUT2D eigenvalue weighted by Gasteiger charge is 2.32. The van der Waals surface area contributed by atoms with Crippen LogP contribution in [0.2, 0.25) is 0 Å². The lowest BCUT2D eigenvalue weighted by atomic mass is 10.1. The van der Waals surface area contributed by atoms with Crippen molar-refractivity contribution >= 4 is 12.0 Å². The van der Waals surface area contributed by atoms with E-state index in [-0.39, 0.29) is 5.91 Å². The summed E-state index contributed by atoms with van der Waals surface area (Å²) >= 11 is 0. The molecule has 6 nitrogen and oxygen atoms in total. The number of likely N-dealkylation sites (tertiary alicyclic amines) is 1. The number of carbonyl (C=O) groups is 2. The molecule has 2 amide bonds. The van der Waals surface area contributed by atoms with Gasteiger partial charge in [0.05, 0.1) is 6.10 Å². The average molecular weight is 244 g/mol. The van der Waals surface area contributed by atoms with Gasteiger partial charge in [0.25, 0.3) is 0 Å². The van der Waals surface area contributed by atoms with Crippen LogP contribution < -0.4 is 5.32 Å². The normalized spacial score (nSPS) is 18.3. The van der Waals surface area contributed by atoms with Gasteiger partial charge in [-0.2, -0.15) is 0 Å².